The molecule has 0 bridgehead atoms. The van der Waals surface area contributed by atoms with E-state index in [1.54, 1.807) is 12.1 Å². The van der Waals surface area contributed by atoms with Crippen LogP contribution in [-0.2, 0) is 25.4 Å². The van der Waals surface area contributed by atoms with Gasteiger partial charge in [-0.1, -0.05) is 44.2 Å². The van der Waals surface area contributed by atoms with Gasteiger partial charge >= 0.3 is 5.97 Å². The van der Waals surface area contributed by atoms with Crippen LogP contribution in [0.5, 0.6) is 5.75 Å². The van der Waals surface area contributed by atoms with Crippen molar-refractivity contribution >= 4 is 17.7 Å². The van der Waals surface area contributed by atoms with E-state index in [4.69, 9.17) is 23.9 Å². The zero-order chi connectivity index (χ0) is 36.6. The standard InChI is InChI=1S/C42H57FN2O5/c1-28(2)47-26-11-12-35-37(32-15-19-34(20-16-32)48-27-21-31-13-17-33(43)18-14-31)38(45-24-22-42(9,10)23-25-45)36(30(5)44-35)39(50-41(6,7)8)40(46)49-29(3)4/h11-20,28-29,39H,21-27H2,1-10H3/b12-11+. The number of rotatable bonds is 14. The third-order valence-corrected chi connectivity index (χ3v) is 8.68. The molecule has 7 nitrogen and oxygen atoms in total. The molecule has 2 heterocycles. The third-order valence-electron chi connectivity index (χ3n) is 8.68. The Morgan fingerprint density at radius 2 is 1.62 bits per heavy atom. The molecule has 4 rings (SSSR count). The number of ether oxygens (including phenoxy) is 4. The minimum atomic E-state index is -0.982. The Balaban J connectivity index is 1.86. The summed E-state index contributed by atoms with van der Waals surface area (Å²) in [5, 5.41) is 0. The molecule has 1 atom stereocenters. The van der Waals surface area contributed by atoms with Crippen molar-refractivity contribution in [1.29, 1.82) is 0 Å². The molecule has 1 fully saturated rings. The van der Waals surface area contributed by atoms with Crippen molar-refractivity contribution in [3.63, 3.8) is 0 Å². The number of aryl methyl sites for hydroxylation is 1. The quantitative estimate of drug-likeness (QED) is 0.156. The maximum atomic E-state index is 13.9. The molecule has 3 aromatic rings. The first kappa shape index (κ1) is 39.0. The van der Waals surface area contributed by atoms with Gasteiger partial charge < -0.3 is 23.8 Å². The van der Waals surface area contributed by atoms with Crippen LogP contribution in [0, 0.1) is 18.2 Å². The van der Waals surface area contributed by atoms with Crippen LogP contribution in [-0.4, -0.2) is 55.1 Å². The van der Waals surface area contributed by atoms with Gasteiger partial charge in [-0.15, -0.1) is 0 Å². The van der Waals surface area contributed by atoms with E-state index in [0.29, 0.717) is 25.3 Å². The van der Waals surface area contributed by atoms with Gasteiger partial charge in [-0.05, 0) is 115 Å². The van der Waals surface area contributed by atoms with Crippen LogP contribution in [0.15, 0.2) is 54.6 Å². The Morgan fingerprint density at radius 3 is 2.20 bits per heavy atom. The lowest BCUT2D eigenvalue weighted by atomic mass is 9.81. The van der Waals surface area contributed by atoms with E-state index in [1.807, 2.05) is 79.7 Å². The third kappa shape index (κ3) is 11.1. The van der Waals surface area contributed by atoms with Crippen LogP contribution in [0.4, 0.5) is 10.1 Å². The van der Waals surface area contributed by atoms with E-state index in [-0.39, 0.29) is 23.4 Å². The molecular formula is C42H57FN2O5. The van der Waals surface area contributed by atoms with Crippen LogP contribution in [0.25, 0.3) is 17.2 Å². The fraction of sp³-hybridized carbons (Fsp3) is 0.524. The van der Waals surface area contributed by atoms with E-state index in [2.05, 4.69) is 30.9 Å². The monoisotopic (exact) mass is 688 g/mol. The Morgan fingerprint density at radius 1 is 0.980 bits per heavy atom. The Kier molecular flexibility index (Phi) is 13.3. The molecule has 0 amide bonds. The summed E-state index contributed by atoms with van der Waals surface area (Å²) in [6.07, 6.45) is 5.50. The van der Waals surface area contributed by atoms with E-state index in [9.17, 15) is 9.18 Å². The Labute approximate surface area is 299 Å². The molecule has 8 heteroatoms. The molecule has 50 heavy (non-hydrogen) atoms. The van der Waals surface area contributed by atoms with Gasteiger partial charge in [0.15, 0.2) is 6.10 Å². The van der Waals surface area contributed by atoms with E-state index in [1.165, 1.54) is 12.1 Å². The van der Waals surface area contributed by atoms with Crippen molar-refractivity contribution in [3.05, 3.63) is 82.9 Å². The van der Waals surface area contributed by atoms with Gasteiger partial charge in [-0.25, -0.2) is 9.18 Å². The van der Waals surface area contributed by atoms with Gasteiger partial charge in [0, 0.05) is 36.3 Å². The summed E-state index contributed by atoms with van der Waals surface area (Å²) >= 11 is 0. The molecule has 272 valence electrons. The average Bonchev–Trinajstić information content (AvgIpc) is 3.02. The SMILES string of the molecule is Cc1nc(/C=C/COC(C)C)c(-c2ccc(OCCc3ccc(F)cc3)cc2)c(N2CCC(C)(C)CC2)c1C(OC(C)(C)C)C(=O)OC(C)C. The molecule has 1 aliphatic heterocycles. The number of piperidine rings is 1. The normalized spacial score (nSPS) is 15.6. The van der Waals surface area contributed by atoms with Gasteiger partial charge in [-0.3, -0.25) is 4.98 Å². The largest absolute Gasteiger partial charge is 0.493 e. The summed E-state index contributed by atoms with van der Waals surface area (Å²) in [4.78, 5) is 21.5. The second kappa shape index (κ2) is 17.0. The van der Waals surface area contributed by atoms with E-state index >= 15 is 0 Å². The number of esters is 1. The van der Waals surface area contributed by atoms with Gasteiger partial charge in [0.2, 0.25) is 0 Å². The maximum Gasteiger partial charge on any atom is 0.340 e. The Hall–Kier alpha value is -3.75. The number of carbonyl (C=O) groups is 1. The van der Waals surface area contributed by atoms with E-state index in [0.717, 1.165) is 65.3 Å². The molecule has 1 unspecified atom stereocenters. The smallest absolute Gasteiger partial charge is 0.340 e. The highest BCUT2D eigenvalue weighted by molar-refractivity contribution is 5.91. The van der Waals surface area contributed by atoms with Crippen molar-refractivity contribution in [2.24, 2.45) is 5.41 Å². The maximum absolute atomic E-state index is 13.9. The van der Waals surface area contributed by atoms with Crippen molar-refractivity contribution in [2.45, 2.75) is 112 Å². The first-order valence-electron chi connectivity index (χ1n) is 18.0. The molecule has 1 aromatic heterocycles. The minimum absolute atomic E-state index is 0.0985. The lowest BCUT2D eigenvalue weighted by molar-refractivity contribution is -0.171. The zero-order valence-corrected chi connectivity index (χ0v) is 31.8. The predicted molar refractivity (Wildman–Crippen MR) is 200 cm³/mol. The number of hydrogen-bond acceptors (Lipinski definition) is 7. The van der Waals surface area contributed by atoms with Gasteiger partial charge in [0.05, 0.1) is 42.4 Å². The first-order valence-corrected chi connectivity index (χ1v) is 18.0. The summed E-state index contributed by atoms with van der Waals surface area (Å²) in [7, 11) is 0. The first-order chi connectivity index (χ1) is 23.5. The molecule has 1 aliphatic rings. The fourth-order valence-corrected chi connectivity index (χ4v) is 6.04. The minimum Gasteiger partial charge on any atom is -0.493 e. The highest BCUT2D eigenvalue weighted by Gasteiger charge is 2.38. The van der Waals surface area contributed by atoms with Crippen LogP contribution in [0.2, 0.25) is 0 Å². The topological polar surface area (TPSA) is 70.1 Å². The average molecular weight is 689 g/mol. The molecule has 2 aromatic carbocycles. The highest BCUT2D eigenvalue weighted by Crippen LogP contribution is 2.46. The van der Waals surface area contributed by atoms with Crippen molar-refractivity contribution < 1.29 is 28.1 Å². The van der Waals surface area contributed by atoms with Gasteiger partial charge in [0.1, 0.15) is 11.6 Å². The second-order valence-electron chi connectivity index (χ2n) is 15.5. The molecular weight excluding hydrogens is 631 g/mol. The zero-order valence-electron chi connectivity index (χ0n) is 31.8. The number of nitrogens with zero attached hydrogens (tertiary/aromatic N) is 2. The lowest BCUT2D eigenvalue weighted by Gasteiger charge is -2.41. The Bertz CT molecular complexity index is 1580. The number of pyridine rings is 1. The van der Waals surface area contributed by atoms with Crippen LogP contribution >= 0.6 is 0 Å². The number of halogens is 1. The summed E-state index contributed by atoms with van der Waals surface area (Å²) in [6.45, 7) is 22.7. The molecule has 0 spiro atoms. The van der Waals surface area contributed by atoms with Crippen LogP contribution in [0.3, 0.4) is 0 Å². The number of benzene rings is 2. The number of aromatic nitrogens is 1. The predicted octanol–water partition coefficient (Wildman–Crippen LogP) is 9.69. The number of hydrogen-bond donors (Lipinski definition) is 0. The summed E-state index contributed by atoms with van der Waals surface area (Å²) < 4.78 is 37.7. The summed E-state index contributed by atoms with van der Waals surface area (Å²) in [6, 6.07) is 14.5. The molecule has 0 aliphatic carbocycles. The fourth-order valence-electron chi connectivity index (χ4n) is 6.04. The van der Waals surface area contributed by atoms with Crippen LogP contribution in [0.1, 0.15) is 104 Å². The van der Waals surface area contributed by atoms with Gasteiger partial charge in [0.25, 0.3) is 0 Å². The lowest BCUT2D eigenvalue weighted by Crippen LogP contribution is -2.39. The summed E-state index contributed by atoms with van der Waals surface area (Å²) in [5.41, 5.74) is 5.63. The molecule has 0 N–H and O–H groups in total. The molecule has 1 saturated heterocycles. The van der Waals surface area contributed by atoms with Crippen LogP contribution < -0.4 is 9.64 Å². The number of carbonyl (C=O) groups excluding carboxylic acids is 1. The van der Waals surface area contributed by atoms with E-state index < -0.39 is 17.7 Å². The summed E-state index contributed by atoms with van der Waals surface area (Å²) in [5.74, 6) is 0.0543. The van der Waals surface area contributed by atoms with Crippen molar-refractivity contribution in [3.8, 4) is 16.9 Å². The second-order valence-corrected chi connectivity index (χ2v) is 15.5. The van der Waals surface area contributed by atoms with Crippen molar-refractivity contribution in [1.82, 2.24) is 4.98 Å². The van der Waals surface area contributed by atoms with Gasteiger partial charge in [-0.2, -0.15) is 0 Å². The molecule has 0 saturated carbocycles. The number of anilines is 1. The highest BCUT2D eigenvalue weighted by atomic mass is 19.1. The molecule has 0 radical (unpaired) electrons. The van der Waals surface area contributed by atoms with Crippen molar-refractivity contribution in [2.75, 3.05) is 31.2 Å².